The summed E-state index contributed by atoms with van der Waals surface area (Å²) in [6, 6.07) is 9.56. The molecule has 0 spiro atoms. The Morgan fingerprint density at radius 1 is 0.970 bits per heavy atom. The van der Waals surface area contributed by atoms with E-state index in [1.807, 2.05) is 0 Å². The molecule has 0 amide bonds. The highest BCUT2D eigenvalue weighted by molar-refractivity contribution is 7.92. The number of halogens is 5. The molecule has 13 heteroatoms. The predicted molar refractivity (Wildman–Crippen MR) is 111 cm³/mol. The fourth-order valence-electron chi connectivity index (χ4n) is 3.23. The fraction of sp³-hybridized carbons (Fsp3) is 0.200. The van der Waals surface area contributed by atoms with Crippen LogP contribution in [0.25, 0.3) is 21.9 Å². The van der Waals surface area contributed by atoms with Gasteiger partial charge in [-0.1, -0.05) is 18.2 Å². The summed E-state index contributed by atoms with van der Waals surface area (Å²) in [5, 5.41) is 12.2. The number of rotatable bonds is 6. The van der Waals surface area contributed by atoms with Crippen molar-refractivity contribution in [3.8, 4) is 16.9 Å². The molecule has 0 heterocycles. The quantitative estimate of drug-likeness (QED) is 0.282. The molecule has 0 radical (unpaired) electrons. The van der Waals surface area contributed by atoms with Gasteiger partial charge < -0.3 is 4.74 Å². The molecule has 0 bridgehead atoms. The number of ether oxygens (including phenoxy) is 1. The second-order valence-electron chi connectivity index (χ2n) is 7.05. The number of methoxy groups -OCH3 is 1. The van der Waals surface area contributed by atoms with Gasteiger partial charge in [0.2, 0.25) is 10.0 Å². The number of alkyl halides is 5. The van der Waals surface area contributed by atoms with Crippen molar-refractivity contribution >= 4 is 32.2 Å². The van der Waals surface area contributed by atoms with Crippen molar-refractivity contribution < 1.29 is 40.0 Å². The lowest BCUT2D eigenvalue weighted by Gasteiger charge is -2.23. The first-order chi connectivity index (χ1) is 15.1. The van der Waals surface area contributed by atoms with Crippen LogP contribution >= 0.6 is 0 Å². The SMILES string of the molecule is COc1c(-c2ccc3cc(NS(C)(=O)=O)ccc3c2)cc([N+](=O)[O-])cc1C(F)(F)C(F)(F)F. The van der Waals surface area contributed by atoms with Gasteiger partial charge in [0, 0.05) is 23.4 Å². The van der Waals surface area contributed by atoms with Crippen LogP contribution in [0.4, 0.5) is 33.3 Å². The van der Waals surface area contributed by atoms with Crippen molar-refractivity contribution in [1.29, 1.82) is 0 Å². The highest BCUT2D eigenvalue weighted by Gasteiger charge is 2.60. The van der Waals surface area contributed by atoms with Gasteiger partial charge in [-0.25, -0.2) is 8.42 Å². The Bertz CT molecular complexity index is 1360. The normalized spacial score (nSPS) is 12.6. The van der Waals surface area contributed by atoms with E-state index in [0.29, 0.717) is 10.8 Å². The maximum absolute atomic E-state index is 14.2. The highest BCUT2D eigenvalue weighted by atomic mass is 32.2. The van der Waals surface area contributed by atoms with Crippen LogP contribution in [0, 0.1) is 10.1 Å². The summed E-state index contributed by atoms with van der Waals surface area (Å²) in [5.41, 5.74) is -2.68. The largest absolute Gasteiger partial charge is 0.496 e. The van der Waals surface area contributed by atoms with Gasteiger partial charge >= 0.3 is 12.1 Å². The van der Waals surface area contributed by atoms with Crippen LogP contribution in [0.5, 0.6) is 5.75 Å². The number of nitrogens with zero attached hydrogens (tertiary/aromatic N) is 1. The fourth-order valence-corrected chi connectivity index (χ4v) is 3.79. The Morgan fingerprint density at radius 2 is 1.58 bits per heavy atom. The molecule has 0 aliphatic rings. The summed E-state index contributed by atoms with van der Waals surface area (Å²) in [7, 11) is -2.66. The molecule has 0 atom stereocenters. The van der Waals surface area contributed by atoms with Crippen LogP contribution in [0.15, 0.2) is 48.5 Å². The number of nitro benzene ring substituents is 1. The van der Waals surface area contributed by atoms with E-state index in [1.54, 1.807) is 0 Å². The summed E-state index contributed by atoms with van der Waals surface area (Å²) < 4.78 is 97.5. The number of fused-ring (bicyclic) bond motifs is 1. The molecule has 1 N–H and O–H groups in total. The number of anilines is 1. The molecule has 0 saturated carbocycles. The Labute approximate surface area is 184 Å². The molecule has 3 aromatic rings. The van der Waals surface area contributed by atoms with E-state index in [1.165, 1.54) is 36.4 Å². The average Bonchev–Trinajstić information content (AvgIpc) is 2.70. The second-order valence-corrected chi connectivity index (χ2v) is 8.80. The van der Waals surface area contributed by atoms with Gasteiger partial charge in [0.1, 0.15) is 5.75 Å². The molecule has 3 rings (SSSR count). The van der Waals surface area contributed by atoms with Crippen LogP contribution in [-0.4, -0.2) is 32.9 Å². The minimum absolute atomic E-state index is 0.0751. The topological polar surface area (TPSA) is 98.5 Å². The third kappa shape index (κ3) is 4.82. The molecule has 3 aromatic carbocycles. The molecule has 33 heavy (non-hydrogen) atoms. The van der Waals surface area contributed by atoms with Crippen LogP contribution < -0.4 is 9.46 Å². The van der Waals surface area contributed by atoms with Gasteiger partial charge in [0.25, 0.3) is 5.69 Å². The minimum Gasteiger partial charge on any atom is -0.496 e. The zero-order valence-corrected chi connectivity index (χ0v) is 17.7. The summed E-state index contributed by atoms with van der Waals surface area (Å²) in [6.07, 6.45) is -5.05. The summed E-state index contributed by atoms with van der Waals surface area (Å²) in [4.78, 5) is 10.2. The number of sulfonamides is 1. The number of nitrogens with one attached hydrogen (secondary N) is 1. The van der Waals surface area contributed by atoms with E-state index in [-0.39, 0.29) is 22.9 Å². The lowest BCUT2D eigenvalue weighted by Crippen LogP contribution is -2.34. The van der Waals surface area contributed by atoms with Gasteiger partial charge in [-0.15, -0.1) is 0 Å². The lowest BCUT2D eigenvalue weighted by atomic mass is 9.95. The lowest BCUT2D eigenvalue weighted by molar-refractivity contribution is -0.385. The Morgan fingerprint density at radius 3 is 2.12 bits per heavy atom. The highest BCUT2D eigenvalue weighted by Crippen LogP contribution is 2.51. The van der Waals surface area contributed by atoms with E-state index < -0.39 is 44.0 Å². The molecular weight excluding hydrogens is 475 g/mol. The summed E-state index contributed by atoms with van der Waals surface area (Å²) in [6.45, 7) is 0. The zero-order chi connectivity index (χ0) is 24.8. The van der Waals surface area contributed by atoms with Gasteiger partial charge in [-0.3, -0.25) is 14.8 Å². The van der Waals surface area contributed by atoms with Crippen molar-refractivity contribution in [3.63, 3.8) is 0 Å². The molecule has 0 aromatic heterocycles. The van der Waals surface area contributed by atoms with Crippen molar-refractivity contribution in [2.45, 2.75) is 12.1 Å². The smallest absolute Gasteiger partial charge is 0.458 e. The monoisotopic (exact) mass is 490 g/mol. The number of benzene rings is 3. The number of non-ortho nitro benzene ring substituents is 1. The van der Waals surface area contributed by atoms with E-state index in [4.69, 9.17) is 4.74 Å². The van der Waals surface area contributed by atoms with Gasteiger partial charge in [-0.2, -0.15) is 22.0 Å². The standard InChI is InChI=1S/C20H15F5N2O5S/c1-32-18-16(9-15(27(28)29)10-17(18)19(21,22)20(23,24)25)13-4-3-12-8-14(26-33(2,30)31)6-5-11(12)7-13/h3-10,26H,1-2H3. The van der Waals surface area contributed by atoms with Crippen molar-refractivity contribution in [1.82, 2.24) is 0 Å². The maximum atomic E-state index is 14.2. The molecule has 7 nitrogen and oxygen atoms in total. The van der Waals surface area contributed by atoms with Crippen molar-refractivity contribution in [2.24, 2.45) is 0 Å². The van der Waals surface area contributed by atoms with Crippen molar-refractivity contribution in [2.75, 3.05) is 18.1 Å². The number of hydrogen-bond acceptors (Lipinski definition) is 5. The second kappa shape index (κ2) is 8.14. The first kappa shape index (κ1) is 24.2. The predicted octanol–water partition coefficient (Wildman–Crippen LogP) is 5.45. The third-order valence-electron chi connectivity index (χ3n) is 4.64. The van der Waals surface area contributed by atoms with Crippen LogP contribution in [0.3, 0.4) is 0 Å². The molecule has 0 saturated heterocycles. The van der Waals surface area contributed by atoms with E-state index in [0.717, 1.165) is 19.4 Å². The number of nitro groups is 1. The maximum Gasteiger partial charge on any atom is 0.458 e. The molecular formula is C20H15F5N2O5S. The van der Waals surface area contributed by atoms with Crippen molar-refractivity contribution in [3.05, 3.63) is 64.2 Å². The summed E-state index contributed by atoms with van der Waals surface area (Å²) >= 11 is 0. The average molecular weight is 490 g/mol. The Balaban J connectivity index is 2.24. The van der Waals surface area contributed by atoms with Crippen LogP contribution in [0.2, 0.25) is 0 Å². The summed E-state index contributed by atoms with van der Waals surface area (Å²) in [5.74, 6) is -6.28. The molecule has 0 unspecified atom stereocenters. The molecule has 0 aliphatic heterocycles. The third-order valence-corrected chi connectivity index (χ3v) is 5.24. The first-order valence-corrected chi connectivity index (χ1v) is 10.9. The van der Waals surface area contributed by atoms with Gasteiger partial charge in [0.05, 0.1) is 23.9 Å². The first-order valence-electron chi connectivity index (χ1n) is 8.97. The molecule has 0 aliphatic carbocycles. The van der Waals surface area contributed by atoms with E-state index in [9.17, 15) is 40.5 Å². The van der Waals surface area contributed by atoms with Gasteiger partial charge in [-0.05, 0) is 34.5 Å². The Kier molecular flexibility index (Phi) is 5.96. The zero-order valence-electron chi connectivity index (χ0n) is 16.9. The van der Waals surface area contributed by atoms with Crippen LogP contribution in [0.1, 0.15) is 5.56 Å². The minimum atomic E-state index is -6.01. The van der Waals surface area contributed by atoms with E-state index >= 15 is 0 Å². The van der Waals surface area contributed by atoms with Crippen LogP contribution in [-0.2, 0) is 15.9 Å². The molecule has 0 fully saturated rings. The van der Waals surface area contributed by atoms with Gasteiger partial charge in [0.15, 0.2) is 0 Å². The van der Waals surface area contributed by atoms with E-state index in [2.05, 4.69) is 4.72 Å². The Hall–Kier alpha value is -3.48. The number of hydrogen-bond donors (Lipinski definition) is 1. The molecule has 176 valence electrons.